The van der Waals surface area contributed by atoms with Crippen LogP contribution in [-0.4, -0.2) is 12.5 Å². The minimum atomic E-state index is -2.42. The van der Waals surface area contributed by atoms with Crippen molar-refractivity contribution >= 4 is 0 Å². The molecule has 2 fully saturated rings. The quantitative estimate of drug-likeness (QED) is 0.595. The van der Waals surface area contributed by atoms with Crippen molar-refractivity contribution in [1.29, 1.82) is 0 Å². The minimum absolute atomic E-state index is 0.160. The van der Waals surface area contributed by atoms with Gasteiger partial charge >= 0.3 is 0 Å². The van der Waals surface area contributed by atoms with Crippen LogP contribution in [0.4, 0.5) is 8.78 Å². The van der Waals surface area contributed by atoms with Crippen molar-refractivity contribution in [1.82, 2.24) is 0 Å². The van der Waals surface area contributed by atoms with E-state index in [9.17, 15) is 8.78 Å². The molecule has 0 aromatic heterocycles. The highest BCUT2D eigenvalue weighted by molar-refractivity contribution is 5.21. The van der Waals surface area contributed by atoms with Crippen molar-refractivity contribution in [2.45, 2.75) is 25.2 Å². The fraction of sp³-hybridized carbons (Fsp3) is 1.00. The van der Waals surface area contributed by atoms with Crippen LogP contribution in [0.5, 0.6) is 0 Å². The molecule has 1 nitrogen and oxygen atoms in total. The van der Waals surface area contributed by atoms with E-state index >= 15 is 0 Å². The molecule has 0 aromatic rings. The fourth-order valence-corrected chi connectivity index (χ4v) is 2.20. The maximum Gasteiger partial charge on any atom is 0.258 e. The summed E-state index contributed by atoms with van der Waals surface area (Å²) in [5.74, 6) is -2.91. The summed E-state index contributed by atoms with van der Waals surface area (Å²) in [6.07, 6.45) is 2.36. The highest BCUT2D eigenvalue weighted by Crippen LogP contribution is 2.74. The molecule has 3 heteroatoms. The molecule has 0 saturated heterocycles. The van der Waals surface area contributed by atoms with Crippen molar-refractivity contribution in [2.24, 2.45) is 17.1 Å². The maximum absolute atomic E-state index is 12.8. The maximum atomic E-state index is 12.8. The van der Waals surface area contributed by atoms with Crippen LogP contribution in [0.1, 0.15) is 19.3 Å². The van der Waals surface area contributed by atoms with E-state index in [1.165, 1.54) is 0 Å². The molecule has 0 aliphatic heterocycles. The number of rotatable bonds is 1. The summed E-state index contributed by atoms with van der Waals surface area (Å²) in [5.41, 5.74) is 4.59. The van der Waals surface area contributed by atoms with E-state index in [1.54, 1.807) is 0 Å². The van der Waals surface area contributed by atoms with Gasteiger partial charge in [-0.15, -0.1) is 0 Å². The molecule has 2 aliphatic rings. The van der Waals surface area contributed by atoms with Crippen LogP contribution >= 0.6 is 0 Å². The Morgan fingerprint density at radius 3 is 2.10 bits per heavy atom. The largest absolute Gasteiger partial charge is 0.330 e. The molecular weight excluding hydrogens is 136 g/mol. The predicted molar refractivity (Wildman–Crippen MR) is 33.8 cm³/mol. The third kappa shape index (κ3) is 0.438. The molecule has 2 rings (SSSR count). The van der Waals surface area contributed by atoms with Crippen LogP contribution in [0.25, 0.3) is 0 Å². The molecule has 1 spiro atoms. The third-order valence-corrected chi connectivity index (χ3v) is 3.17. The van der Waals surface area contributed by atoms with E-state index in [0.717, 1.165) is 6.42 Å². The third-order valence-electron chi connectivity index (χ3n) is 3.17. The molecule has 1 unspecified atom stereocenters. The fourth-order valence-electron chi connectivity index (χ4n) is 2.20. The van der Waals surface area contributed by atoms with E-state index in [0.29, 0.717) is 12.8 Å². The highest BCUT2D eigenvalue weighted by Gasteiger charge is 2.81. The lowest BCUT2D eigenvalue weighted by Crippen LogP contribution is -2.21. The predicted octanol–water partition coefficient (Wildman–Crippen LogP) is 1.38. The average Bonchev–Trinajstić information content (AvgIpc) is 2.25. The minimum Gasteiger partial charge on any atom is -0.330 e. The van der Waals surface area contributed by atoms with Gasteiger partial charge in [-0.1, -0.05) is 6.42 Å². The first-order valence-electron chi connectivity index (χ1n) is 3.73. The Labute approximate surface area is 58.6 Å². The van der Waals surface area contributed by atoms with E-state index in [-0.39, 0.29) is 6.54 Å². The van der Waals surface area contributed by atoms with E-state index in [4.69, 9.17) is 5.73 Å². The molecule has 0 heterocycles. The summed E-state index contributed by atoms with van der Waals surface area (Å²) >= 11 is 0. The van der Waals surface area contributed by atoms with Gasteiger partial charge in [0, 0.05) is 17.9 Å². The van der Waals surface area contributed by atoms with Crippen LogP contribution in [0.3, 0.4) is 0 Å². The molecule has 1 atom stereocenters. The molecule has 0 aromatic carbocycles. The van der Waals surface area contributed by atoms with Gasteiger partial charge in [-0.3, -0.25) is 0 Å². The first kappa shape index (κ1) is 6.53. The van der Waals surface area contributed by atoms with Gasteiger partial charge < -0.3 is 5.73 Å². The van der Waals surface area contributed by atoms with E-state index in [1.807, 2.05) is 0 Å². The Bertz CT molecular complexity index is 163. The van der Waals surface area contributed by atoms with E-state index in [2.05, 4.69) is 0 Å². The van der Waals surface area contributed by atoms with Gasteiger partial charge in [-0.05, 0) is 12.8 Å². The Morgan fingerprint density at radius 1 is 1.40 bits per heavy atom. The molecule has 0 amide bonds. The molecule has 2 N–H and O–H groups in total. The van der Waals surface area contributed by atoms with Crippen LogP contribution in [0.15, 0.2) is 0 Å². The van der Waals surface area contributed by atoms with Crippen molar-refractivity contribution in [3.8, 4) is 0 Å². The molecule has 2 saturated carbocycles. The standard InChI is InChI=1S/C7H11F2N/c8-7(9)5(4-10)6(7)2-1-3-6/h5H,1-4,10H2. The molecule has 0 radical (unpaired) electrons. The van der Waals surface area contributed by atoms with Crippen molar-refractivity contribution in [2.75, 3.05) is 6.54 Å². The average molecular weight is 147 g/mol. The van der Waals surface area contributed by atoms with Gasteiger partial charge in [0.05, 0.1) is 0 Å². The Kier molecular flexibility index (Phi) is 0.994. The first-order chi connectivity index (χ1) is 4.65. The van der Waals surface area contributed by atoms with Gasteiger partial charge in [0.1, 0.15) is 0 Å². The molecular formula is C7H11F2N. The van der Waals surface area contributed by atoms with Gasteiger partial charge in [0.25, 0.3) is 5.92 Å². The van der Waals surface area contributed by atoms with Crippen molar-refractivity contribution in [3.63, 3.8) is 0 Å². The molecule has 10 heavy (non-hydrogen) atoms. The second-order valence-corrected chi connectivity index (χ2v) is 3.42. The zero-order valence-electron chi connectivity index (χ0n) is 5.74. The van der Waals surface area contributed by atoms with Gasteiger partial charge in [0.2, 0.25) is 0 Å². The summed E-state index contributed by atoms with van der Waals surface area (Å²) in [6, 6.07) is 0. The summed E-state index contributed by atoms with van der Waals surface area (Å²) < 4.78 is 25.6. The van der Waals surface area contributed by atoms with Crippen molar-refractivity contribution < 1.29 is 8.78 Å². The number of nitrogens with two attached hydrogens (primary N) is 1. The zero-order valence-corrected chi connectivity index (χ0v) is 5.74. The number of hydrogen-bond donors (Lipinski definition) is 1. The molecule has 0 bridgehead atoms. The number of halogens is 2. The van der Waals surface area contributed by atoms with Gasteiger partial charge in [-0.2, -0.15) is 0 Å². The lowest BCUT2D eigenvalue weighted by atomic mass is 9.79. The van der Waals surface area contributed by atoms with Gasteiger partial charge in [0.15, 0.2) is 0 Å². The second kappa shape index (κ2) is 1.52. The van der Waals surface area contributed by atoms with Crippen LogP contribution in [0, 0.1) is 11.3 Å². The Balaban J connectivity index is 2.14. The summed E-state index contributed by atoms with van der Waals surface area (Å²) in [7, 11) is 0. The van der Waals surface area contributed by atoms with Crippen LogP contribution in [0.2, 0.25) is 0 Å². The Hall–Kier alpha value is -0.180. The van der Waals surface area contributed by atoms with Crippen molar-refractivity contribution in [3.05, 3.63) is 0 Å². The van der Waals surface area contributed by atoms with Crippen LogP contribution in [-0.2, 0) is 0 Å². The molecule has 58 valence electrons. The summed E-state index contributed by atoms with van der Waals surface area (Å²) in [4.78, 5) is 0. The summed E-state index contributed by atoms with van der Waals surface area (Å²) in [5, 5.41) is 0. The monoisotopic (exact) mass is 147 g/mol. The number of alkyl halides is 2. The SMILES string of the molecule is NCC1C(F)(F)C12CCC2. The lowest BCUT2D eigenvalue weighted by molar-refractivity contribution is 0.0281. The Morgan fingerprint density at radius 2 is 2.00 bits per heavy atom. The lowest BCUT2D eigenvalue weighted by Gasteiger charge is -2.25. The van der Waals surface area contributed by atoms with E-state index < -0.39 is 17.3 Å². The topological polar surface area (TPSA) is 26.0 Å². The van der Waals surface area contributed by atoms with Crippen LogP contribution < -0.4 is 5.73 Å². The smallest absolute Gasteiger partial charge is 0.258 e. The normalized spacial score (nSPS) is 39.3. The first-order valence-corrected chi connectivity index (χ1v) is 3.73. The number of hydrogen-bond acceptors (Lipinski definition) is 1. The molecule has 2 aliphatic carbocycles. The second-order valence-electron chi connectivity index (χ2n) is 3.42. The summed E-state index contributed by atoms with van der Waals surface area (Å²) in [6.45, 7) is 0.160. The zero-order chi connectivity index (χ0) is 7.41. The highest BCUT2D eigenvalue weighted by atomic mass is 19.3. The van der Waals surface area contributed by atoms with Gasteiger partial charge in [-0.25, -0.2) is 8.78 Å².